The van der Waals surface area contributed by atoms with E-state index < -0.39 is 0 Å². The lowest BCUT2D eigenvalue weighted by Gasteiger charge is -2.13. The highest BCUT2D eigenvalue weighted by atomic mass is 32.2. The lowest BCUT2D eigenvalue weighted by Crippen LogP contribution is -2.24. The Labute approximate surface area is 88.5 Å². The van der Waals surface area contributed by atoms with E-state index in [1.807, 2.05) is 0 Å². The van der Waals surface area contributed by atoms with Crippen molar-refractivity contribution in [3.05, 3.63) is 12.5 Å². The number of aromatic nitrogens is 1. The third-order valence-corrected chi connectivity index (χ3v) is 3.73. The zero-order chi connectivity index (χ0) is 9.80. The lowest BCUT2D eigenvalue weighted by atomic mass is 10.0. The Balaban J connectivity index is 1.68. The highest BCUT2D eigenvalue weighted by Crippen LogP contribution is 2.29. The quantitative estimate of drug-likeness (QED) is 0.778. The molecule has 1 saturated carbocycles. The van der Waals surface area contributed by atoms with E-state index in [-0.39, 0.29) is 0 Å². The molecule has 0 bridgehead atoms. The first-order chi connectivity index (χ1) is 6.86. The summed E-state index contributed by atoms with van der Waals surface area (Å²) in [6, 6.07) is 0.431. The van der Waals surface area contributed by atoms with E-state index in [1.54, 1.807) is 24.2 Å². The van der Waals surface area contributed by atoms with Gasteiger partial charge in [0.25, 0.3) is 5.22 Å². The number of oxazole rings is 1. The number of thioether (sulfide) groups is 1. The molecule has 3 nitrogen and oxygen atoms in total. The monoisotopic (exact) mass is 212 g/mol. The molecule has 0 spiro atoms. The van der Waals surface area contributed by atoms with E-state index in [0.717, 1.165) is 16.9 Å². The van der Waals surface area contributed by atoms with Crippen LogP contribution in [0.3, 0.4) is 0 Å². The van der Waals surface area contributed by atoms with E-state index in [4.69, 9.17) is 10.2 Å². The van der Waals surface area contributed by atoms with Crippen molar-refractivity contribution in [1.29, 1.82) is 0 Å². The normalized spacial score (nSPS) is 26.9. The van der Waals surface area contributed by atoms with Crippen LogP contribution in [0, 0.1) is 5.92 Å². The second-order valence-corrected chi connectivity index (χ2v) is 4.84. The molecule has 2 rings (SSSR count). The third kappa shape index (κ3) is 2.51. The highest BCUT2D eigenvalue weighted by Gasteiger charge is 2.23. The molecule has 0 radical (unpaired) electrons. The number of nitrogens with two attached hydrogens (primary N) is 1. The molecule has 0 aromatic carbocycles. The van der Waals surface area contributed by atoms with Crippen molar-refractivity contribution in [3.8, 4) is 0 Å². The van der Waals surface area contributed by atoms with Crippen LogP contribution < -0.4 is 5.73 Å². The average Bonchev–Trinajstić information content (AvgIpc) is 2.78. The molecule has 0 aliphatic heterocycles. The Kier molecular flexibility index (Phi) is 3.48. The summed E-state index contributed by atoms with van der Waals surface area (Å²) in [5.41, 5.74) is 5.99. The van der Waals surface area contributed by atoms with Crippen molar-refractivity contribution >= 4 is 11.8 Å². The fourth-order valence-corrected chi connectivity index (χ4v) is 2.86. The largest absolute Gasteiger partial charge is 0.440 e. The summed E-state index contributed by atoms with van der Waals surface area (Å²) in [6.07, 6.45) is 8.29. The van der Waals surface area contributed by atoms with E-state index in [0.29, 0.717) is 6.04 Å². The summed E-state index contributed by atoms with van der Waals surface area (Å²) in [4.78, 5) is 4.06. The molecular weight excluding hydrogens is 196 g/mol. The molecule has 1 aromatic rings. The predicted molar refractivity (Wildman–Crippen MR) is 57.2 cm³/mol. The standard InChI is InChI=1S/C10H16N2OS/c11-9-3-1-2-8(9)4-7-14-10-12-5-6-13-10/h5-6,8-9H,1-4,7,11H2. The van der Waals surface area contributed by atoms with Gasteiger partial charge in [-0.1, -0.05) is 18.2 Å². The molecule has 2 atom stereocenters. The van der Waals surface area contributed by atoms with Crippen LogP contribution in [-0.2, 0) is 0 Å². The molecule has 14 heavy (non-hydrogen) atoms. The van der Waals surface area contributed by atoms with Crippen LogP contribution >= 0.6 is 11.8 Å². The molecule has 78 valence electrons. The number of rotatable bonds is 4. The maximum atomic E-state index is 5.99. The maximum absolute atomic E-state index is 5.99. The molecule has 1 aromatic heterocycles. The van der Waals surface area contributed by atoms with Gasteiger partial charge in [-0.3, -0.25) is 0 Å². The fraction of sp³-hybridized carbons (Fsp3) is 0.700. The van der Waals surface area contributed by atoms with E-state index in [9.17, 15) is 0 Å². The van der Waals surface area contributed by atoms with Crippen LogP contribution in [0.1, 0.15) is 25.7 Å². The zero-order valence-corrected chi connectivity index (χ0v) is 9.00. The molecule has 0 amide bonds. The Hall–Kier alpha value is -0.480. The summed E-state index contributed by atoms with van der Waals surface area (Å²) < 4.78 is 5.15. The van der Waals surface area contributed by atoms with Crippen molar-refractivity contribution in [2.75, 3.05) is 5.75 Å². The summed E-state index contributed by atoms with van der Waals surface area (Å²) in [6.45, 7) is 0. The lowest BCUT2D eigenvalue weighted by molar-refractivity contribution is 0.449. The molecule has 0 saturated heterocycles. The van der Waals surface area contributed by atoms with Crippen LogP contribution in [-0.4, -0.2) is 16.8 Å². The second-order valence-electron chi connectivity index (χ2n) is 3.79. The van der Waals surface area contributed by atoms with Gasteiger partial charge in [0.05, 0.1) is 6.20 Å². The van der Waals surface area contributed by atoms with Gasteiger partial charge in [-0.2, -0.15) is 0 Å². The average molecular weight is 212 g/mol. The first-order valence-corrected chi connectivity index (χ1v) is 6.12. The van der Waals surface area contributed by atoms with Gasteiger partial charge in [-0.05, 0) is 25.2 Å². The SMILES string of the molecule is NC1CCCC1CCSc1ncco1. The highest BCUT2D eigenvalue weighted by molar-refractivity contribution is 7.99. The summed E-state index contributed by atoms with van der Waals surface area (Å²) in [7, 11) is 0. The molecule has 1 aliphatic carbocycles. The molecule has 2 N–H and O–H groups in total. The van der Waals surface area contributed by atoms with Crippen LogP contribution in [0.5, 0.6) is 0 Å². The zero-order valence-electron chi connectivity index (χ0n) is 8.19. The maximum Gasteiger partial charge on any atom is 0.255 e. The second kappa shape index (κ2) is 4.84. The van der Waals surface area contributed by atoms with Crippen molar-refractivity contribution in [1.82, 2.24) is 4.98 Å². The molecule has 1 fully saturated rings. The van der Waals surface area contributed by atoms with Gasteiger partial charge >= 0.3 is 0 Å². The summed E-state index contributed by atoms with van der Waals surface area (Å²) >= 11 is 1.68. The van der Waals surface area contributed by atoms with Gasteiger partial charge in [0.1, 0.15) is 6.26 Å². The van der Waals surface area contributed by atoms with Gasteiger partial charge in [0.2, 0.25) is 0 Å². The molecule has 1 heterocycles. The molecule has 4 heteroatoms. The van der Waals surface area contributed by atoms with Gasteiger partial charge in [-0.15, -0.1) is 0 Å². The molecular formula is C10H16N2OS. The predicted octanol–water partition coefficient (Wildman–Crippen LogP) is 2.28. The minimum atomic E-state index is 0.431. The Morgan fingerprint density at radius 2 is 2.50 bits per heavy atom. The van der Waals surface area contributed by atoms with Gasteiger partial charge < -0.3 is 10.2 Å². The van der Waals surface area contributed by atoms with Crippen LogP contribution in [0.25, 0.3) is 0 Å². The topological polar surface area (TPSA) is 52.0 Å². The third-order valence-electron chi connectivity index (χ3n) is 2.84. The number of nitrogens with zero attached hydrogens (tertiary/aromatic N) is 1. The molecule has 2 unspecified atom stereocenters. The Bertz CT molecular complexity index is 263. The molecule has 1 aliphatic rings. The van der Waals surface area contributed by atoms with E-state index in [1.165, 1.54) is 25.7 Å². The minimum Gasteiger partial charge on any atom is -0.440 e. The Morgan fingerprint density at radius 1 is 1.57 bits per heavy atom. The van der Waals surface area contributed by atoms with Crippen molar-refractivity contribution in [2.24, 2.45) is 11.7 Å². The first-order valence-electron chi connectivity index (χ1n) is 5.14. The van der Waals surface area contributed by atoms with Crippen molar-refractivity contribution in [3.63, 3.8) is 0 Å². The summed E-state index contributed by atoms with van der Waals surface area (Å²) in [5.74, 6) is 1.79. The smallest absolute Gasteiger partial charge is 0.255 e. The first kappa shape index (κ1) is 10.1. The van der Waals surface area contributed by atoms with Crippen molar-refractivity contribution < 1.29 is 4.42 Å². The fourth-order valence-electron chi connectivity index (χ4n) is 2.00. The van der Waals surface area contributed by atoms with E-state index in [2.05, 4.69) is 4.98 Å². The minimum absolute atomic E-state index is 0.431. The van der Waals surface area contributed by atoms with Gasteiger partial charge in [0, 0.05) is 11.8 Å². The van der Waals surface area contributed by atoms with Crippen molar-refractivity contribution in [2.45, 2.75) is 36.9 Å². The van der Waals surface area contributed by atoms with Crippen LogP contribution in [0.2, 0.25) is 0 Å². The van der Waals surface area contributed by atoms with Gasteiger partial charge in [-0.25, -0.2) is 4.98 Å². The van der Waals surface area contributed by atoms with E-state index >= 15 is 0 Å². The van der Waals surface area contributed by atoms with Gasteiger partial charge in [0.15, 0.2) is 0 Å². The van der Waals surface area contributed by atoms with Crippen LogP contribution in [0.4, 0.5) is 0 Å². The number of hydrogen-bond acceptors (Lipinski definition) is 4. The van der Waals surface area contributed by atoms with Crippen LogP contribution in [0.15, 0.2) is 22.1 Å². The number of hydrogen-bond donors (Lipinski definition) is 1. The summed E-state index contributed by atoms with van der Waals surface area (Å²) in [5, 5.41) is 0.775. The Morgan fingerprint density at radius 3 is 3.14 bits per heavy atom.